The Kier molecular flexibility index (Phi) is 37.0. The van der Waals surface area contributed by atoms with Crippen molar-refractivity contribution in [3.8, 4) is 11.1 Å². The van der Waals surface area contributed by atoms with Crippen molar-refractivity contribution in [2.75, 3.05) is 46.3 Å². The van der Waals surface area contributed by atoms with Crippen LogP contribution in [-0.4, -0.2) is 221 Å². The van der Waals surface area contributed by atoms with Gasteiger partial charge < -0.3 is 68.9 Å². The highest BCUT2D eigenvalue weighted by molar-refractivity contribution is 5.93. The number of likely N-dealkylation sites (N-methyl/N-ethyl adjacent to an activating group) is 1. The van der Waals surface area contributed by atoms with Crippen molar-refractivity contribution in [2.24, 2.45) is 24.8 Å². The Labute approximate surface area is 835 Å². The fourth-order valence-electron chi connectivity index (χ4n) is 20.5. The average molecular weight is 2100 g/mol. The number of carboxylic acids is 3. The lowest BCUT2D eigenvalue weighted by molar-refractivity contribution is -0.149. The van der Waals surface area contributed by atoms with Crippen LogP contribution in [0.1, 0.15) is 245 Å². The Bertz CT molecular complexity index is 5490. The van der Waals surface area contributed by atoms with Crippen LogP contribution in [0.2, 0.25) is 0 Å². The number of halogens is 18. The first kappa shape index (κ1) is 113. The number of carbonyl (C=O) groups excluding carboxylic acids is 4. The first-order valence-corrected chi connectivity index (χ1v) is 49.1. The van der Waals surface area contributed by atoms with Crippen molar-refractivity contribution in [3.05, 3.63) is 160 Å². The third-order valence-electron chi connectivity index (χ3n) is 28.6. The molecule has 3 aliphatic carbocycles. The van der Waals surface area contributed by atoms with Gasteiger partial charge in [0.2, 0.25) is 17.8 Å². The predicted molar refractivity (Wildman–Crippen MR) is 496 cm³/mol. The van der Waals surface area contributed by atoms with E-state index in [0.717, 1.165) is 0 Å². The summed E-state index contributed by atoms with van der Waals surface area (Å²) in [5.41, 5.74) is -6.81. The van der Waals surface area contributed by atoms with E-state index in [9.17, 15) is 133 Å². The second kappa shape index (κ2) is 47.9. The first-order valence-electron chi connectivity index (χ1n) is 49.1. The van der Waals surface area contributed by atoms with Crippen LogP contribution in [0.5, 0.6) is 0 Å². The summed E-state index contributed by atoms with van der Waals surface area (Å²) in [6, 6.07) is 0.465. The normalized spacial score (nSPS) is 23.7. The number of amides is 5. The van der Waals surface area contributed by atoms with Crippen molar-refractivity contribution in [2.45, 2.75) is 325 Å². The van der Waals surface area contributed by atoms with Gasteiger partial charge >= 0.3 is 79.3 Å². The monoisotopic (exact) mass is 2100 g/mol. The highest BCUT2D eigenvalue weighted by Crippen LogP contribution is 2.46. The molecule has 4 N–H and O–H groups in total. The van der Waals surface area contributed by atoms with E-state index in [1.54, 1.807) is 60.6 Å². The van der Waals surface area contributed by atoms with Crippen molar-refractivity contribution in [1.29, 1.82) is 0 Å². The highest BCUT2D eigenvalue weighted by Gasteiger charge is 2.50. The Morgan fingerprint density at radius 3 is 0.918 bits per heavy atom. The molecule has 4 saturated heterocycles. The molecule has 3 saturated carbocycles. The van der Waals surface area contributed by atoms with Gasteiger partial charge in [0.15, 0.2) is 0 Å². The van der Waals surface area contributed by atoms with Crippen molar-refractivity contribution in [1.82, 2.24) is 59.3 Å². The largest absolute Gasteiger partial charge is 0.481 e. The molecule has 0 spiro atoms. The molecule has 8 heterocycles. The van der Waals surface area contributed by atoms with Gasteiger partial charge in [0, 0.05) is 150 Å². The number of urea groups is 1. The van der Waals surface area contributed by atoms with Gasteiger partial charge in [0.05, 0.1) is 75.4 Å². The van der Waals surface area contributed by atoms with E-state index in [2.05, 4.69) is 35.0 Å². The summed E-state index contributed by atoms with van der Waals surface area (Å²) in [5, 5.41) is 41.1. The fraction of sp³-hybridized carbons (Fsp3) is 0.596. The van der Waals surface area contributed by atoms with Gasteiger partial charge in [-0.15, -0.1) is 0 Å². The van der Waals surface area contributed by atoms with E-state index in [4.69, 9.17) is 14.2 Å². The molecule has 806 valence electrons. The van der Waals surface area contributed by atoms with Gasteiger partial charge in [-0.1, -0.05) is 41.5 Å². The molecule has 7 aromatic rings. The number of alkyl halides is 18. The Morgan fingerprint density at radius 2 is 0.660 bits per heavy atom. The van der Waals surface area contributed by atoms with Gasteiger partial charge in [0.1, 0.15) is 18.3 Å². The third-order valence-corrected chi connectivity index (χ3v) is 28.6. The van der Waals surface area contributed by atoms with E-state index in [1.807, 2.05) is 41.5 Å². The quantitative estimate of drug-likeness (QED) is 0.0250. The standard InChI is InChI=1S/C34H42F6N6O5.C33H42F6N4O5.C32H36F6N6O4/c1-4-24-15-26(16-25(5-2)46(24)32(50)51-28-8-6-21(7-9-28)29(47)48)45(30-41-17-27(18-42-30)44-11-10-43(3)31(44)49)19-20-12-22(33(35,36)37)14-23(13-20)34(38,39)40;1-3-25-15-27(16-26(4-2)43(25)31(47)48-28-9-7-22(8-10-28)29(45)46)42(30-40-17-20(18-41-30)6-5-11-44)19-21-12-23(32(34,35)36)14-24(13-21)33(37,38)39;1-4-24-11-26(12-25(5-2)44(24)30(47)48-27-8-19(9-27)28(45)46)43(29-39-13-20(14-40-29)21-15-41-42(3)17-21)16-18-6-22(31(33,34)35)10-23(7-18)32(36,37)38/h12-14,17-18,21,24-26,28H,4-11,15-16,19H2,1-3H3,(H,47,48);12-14,17-18,22,25-28,44H,3-11,15-16,19H2,1-2H3,(H,45,46);6-7,10,13-15,17,19,24-27H,4-5,8-9,11-12,16H2,1-3H3,(H,45,46)/t21?,24-,25+,26?,28?;22?,25-,26+,27?,28?;19?,24-,25+,26?,27?. The number of aliphatic hydroxyl groups is 1. The minimum Gasteiger partial charge on any atom is -0.481 e. The van der Waals surface area contributed by atoms with E-state index in [0.29, 0.717) is 213 Å². The van der Waals surface area contributed by atoms with Crippen LogP contribution in [0.25, 0.3) is 11.1 Å². The molecule has 3 unspecified atom stereocenters. The number of aryl methyl sites for hydroxylation is 2. The Hall–Kier alpha value is -12.3. The van der Waals surface area contributed by atoms with E-state index < -0.39 is 179 Å². The lowest BCUT2D eigenvalue weighted by Crippen LogP contribution is -2.57. The molecule has 4 aliphatic heterocycles. The van der Waals surface area contributed by atoms with Crippen LogP contribution >= 0.6 is 0 Å². The van der Waals surface area contributed by atoms with Gasteiger partial charge in [-0.3, -0.25) is 24.0 Å². The molecule has 14 rings (SSSR count). The number of ether oxygens (including phenoxy) is 3. The van der Waals surface area contributed by atoms with Crippen molar-refractivity contribution in [3.63, 3.8) is 0 Å². The van der Waals surface area contributed by atoms with Gasteiger partial charge in [-0.2, -0.15) is 84.1 Å². The number of aromatic nitrogens is 8. The number of nitrogens with zero attached hydrogens (tertiary/aromatic N) is 16. The molecule has 5 amide bonds. The summed E-state index contributed by atoms with van der Waals surface area (Å²) in [6.45, 7) is 11.0. The second-order valence-corrected chi connectivity index (χ2v) is 38.5. The van der Waals surface area contributed by atoms with Crippen LogP contribution in [-0.2, 0) is 98.8 Å². The van der Waals surface area contributed by atoms with Crippen LogP contribution in [0.4, 0.5) is 122 Å². The smallest absolute Gasteiger partial charge is 0.416 e. The zero-order valence-electron chi connectivity index (χ0n) is 82.0. The van der Waals surface area contributed by atoms with Crippen LogP contribution in [0.15, 0.2) is 104 Å². The molecule has 7 aliphatic rings. The zero-order chi connectivity index (χ0) is 107. The number of aliphatic hydroxyl groups excluding tert-OH is 1. The summed E-state index contributed by atoms with van der Waals surface area (Å²) >= 11 is 0. The number of piperidine rings is 3. The minimum atomic E-state index is -5.03. The van der Waals surface area contributed by atoms with Crippen molar-refractivity contribution < 1.29 is 147 Å². The number of carboxylic acid groups (broad SMARTS) is 3. The topological polar surface area (TPSA) is 349 Å². The number of aliphatic carboxylic acids is 3. The summed E-state index contributed by atoms with van der Waals surface area (Å²) in [5.74, 6) is -3.93. The SMILES string of the molecule is CC[C@@H]1CC(N(Cc2cc(C(F)(F)F)cc(C(F)(F)F)c2)c2ncc(-c3cnn(C)c3)cn2)C[C@H](CC)N1C(=O)OC1CC(C(=O)O)C1.CC[C@@H]1CC(N(Cc2cc(C(F)(F)F)cc(C(F)(F)F)c2)c2ncc(CCCO)cn2)C[C@H](CC)N1C(=O)OC1CCC(C(=O)O)CC1.CC[C@@H]1CC(N(Cc2cc(C(F)(F)F)cc(C(F)(F)F)c2)c2ncc(N3CCN(C)C3=O)cn2)C[C@H](CC)N1C(=O)OC1CCC(C(=O)O)CC1. The number of carbonyl (C=O) groups is 7. The molecule has 30 nitrogen and oxygen atoms in total. The maximum absolute atomic E-state index is 13.8. The number of benzene rings is 3. The third kappa shape index (κ3) is 28.8. The van der Waals surface area contributed by atoms with E-state index in [1.165, 1.54) is 47.0 Å². The summed E-state index contributed by atoms with van der Waals surface area (Å²) < 4.78 is 267. The van der Waals surface area contributed by atoms with Crippen LogP contribution < -0.4 is 19.6 Å². The molecule has 3 aromatic carbocycles. The first-order chi connectivity index (χ1) is 69.2. The second-order valence-electron chi connectivity index (χ2n) is 38.5. The summed E-state index contributed by atoms with van der Waals surface area (Å²) in [4.78, 5) is 127. The number of likely N-dealkylation sites (tertiary alicyclic amines) is 3. The van der Waals surface area contributed by atoms with Crippen molar-refractivity contribution >= 4 is 65.8 Å². The molecule has 48 heteroatoms. The maximum Gasteiger partial charge on any atom is 0.416 e. The molecule has 7 fully saturated rings. The molecule has 4 aromatic heterocycles. The zero-order valence-corrected chi connectivity index (χ0v) is 82.0. The number of hydrogen-bond acceptors (Lipinski definition) is 21. The lowest BCUT2D eigenvalue weighted by atomic mass is 9.82. The highest BCUT2D eigenvalue weighted by atomic mass is 19.4. The Morgan fingerprint density at radius 1 is 0.367 bits per heavy atom. The summed E-state index contributed by atoms with van der Waals surface area (Å²) in [6.07, 6.45) is -11.4. The average Bonchev–Trinajstić information content (AvgIpc) is 0.859. The van der Waals surface area contributed by atoms with Gasteiger partial charge in [0.25, 0.3) is 0 Å². The van der Waals surface area contributed by atoms with E-state index >= 15 is 0 Å². The molecular weight excluding hydrogens is 1980 g/mol. The fourth-order valence-corrected chi connectivity index (χ4v) is 20.5. The predicted octanol–water partition coefficient (Wildman–Crippen LogP) is 21.4. The van der Waals surface area contributed by atoms with Gasteiger partial charge in [-0.05, 0) is 231 Å². The van der Waals surface area contributed by atoms with Gasteiger partial charge in [-0.25, -0.2) is 49.1 Å². The molecule has 0 bridgehead atoms. The molecule has 0 radical (unpaired) electrons. The molecular formula is C99H120F18N16O14. The number of rotatable bonds is 29. The molecule has 9 atom stereocenters. The molecule has 147 heavy (non-hydrogen) atoms. The summed E-state index contributed by atoms with van der Waals surface area (Å²) in [7, 11) is 3.38. The Balaban J connectivity index is 0.000000196. The maximum atomic E-state index is 13.8. The van der Waals surface area contributed by atoms with Crippen LogP contribution in [0.3, 0.4) is 0 Å². The number of anilines is 4. The lowest BCUT2D eigenvalue weighted by Gasteiger charge is -2.48. The minimum absolute atomic E-state index is 0.0469. The van der Waals surface area contributed by atoms with E-state index in [-0.39, 0.29) is 115 Å². The number of hydrogen-bond donors (Lipinski definition) is 4. The van der Waals surface area contributed by atoms with Crippen LogP contribution in [0, 0.1) is 17.8 Å².